The van der Waals surface area contributed by atoms with Gasteiger partial charge >= 0.3 is 12.3 Å². The van der Waals surface area contributed by atoms with Gasteiger partial charge in [0, 0.05) is 44.7 Å². The van der Waals surface area contributed by atoms with Crippen LogP contribution in [0.15, 0.2) is 12.1 Å². The molecule has 2 aliphatic heterocycles. The number of amides is 3. The summed E-state index contributed by atoms with van der Waals surface area (Å²) in [6.07, 6.45) is -5.26. The maximum atomic E-state index is 14.4. The van der Waals surface area contributed by atoms with E-state index in [0.29, 0.717) is 38.1 Å². The second-order valence-corrected chi connectivity index (χ2v) is 11.3. The third-order valence-electron chi connectivity index (χ3n) is 6.91. The molecular weight excluding hydrogens is 572 g/mol. The van der Waals surface area contributed by atoms with E-state index in [1.165, 1.54) is 9.80 Å². The molecule has 1 aromatic carbocycles. The number of alkyl carbamates (subject to hydrolysis) is 1. The first-order chi connectivity index (χ1) is 19.5. The largest absolute Gasteiger partial charge is 0.449 e. The highest BCUT2D eigenvalue weighted by atomic mass is 19.4. The predicted molar refractivity (Wildman–Crippen MR) is 136 cm³/mol. The molecule has 2 aromatic rings. The van der Waals surface area contributed by atoms with E-state index in [9.17, 15) is 40.7 Å². The maximum absolute atomic E-state index is 14.4. The highest BCUT2D eigenvalue weighted by Gasteiger charge is 2.42. The van der Waals surface area contributed by atoms with Crippen LogP contribution in [0.2, 0.25) is 0 Å². The Morgan fingerprint density at radius 3 is 2.21 bits per heavy atom. The van der Waals surface area contributed by atoms with Crippen molar-refractivity contribution in [1.82, 2.24) is 24.7 Å². The first kappa shape index (κ1) is 31.2. The van der Waals surface area contributed by atoms with E-state index in [1.807, 2.05) is 0 Å². The van der Waals surface area contributed by atoms with Crippen LogP contribution < -0.4 is 5.32 Å². The molecule has 9 nitrogen and oxygen atoms in total. The summed E-state index contributed by atoms with van der Waals surface area (Å²) < 4.78 is 89.1. The number of nitrogens with one attached hydrogen (secondary N) is 1. The minimum Gasteiger partial charge on any atom is -0.444 e. The van der Waals surface area contributed by atoms with E-state index in [0.717, 1.165) is 4.57 Å². The highest BCUT2D eigenvalue weighted by molar-refractivity contribution is 5.94. The van der Waals surface area contributed by atoms with Gasteiger partial charge in [0.05, 0.1) is 12.2 Å². The van der Waals surface area contributed by atoms with Gasteiger partial charge in [-0.05, 0) is 51.7 Å². The van der Waals surface area contributed by atoms with Crippen LogP contribution in [0.1, 0.15) is 67.6 Å². The van der Waals surface area contributed by atoms with Crippen LogP contribution in [0.25, 0.3) is 0 Å². The normalized spacial score (nSPS) is 16.3. The number of imidazole rings is 1. The average molecular weight is 604 g/mol. The Labute approximate surface area is 237 Å². The van der Waals surface area contributed by atoms with Crippen LogP contribution in [0.3, 0.4) is 0 Å². The van der Waals surface area contributed by atoms with Crippen molar-refractivity contribution in [3.63, 3.8) is 0 Å². The molecule has 4 rings (SSSR count). The molecule has 0 aliphatic carbocycles. The first-order valence-electron chi connectivity index (χ1n) is 13.4. The summed E-state index contributed by atoms with van der Waals surface area (Å²) in [7, 11) is 0. The molecule has 1 N–H and O–H groups in total. The highest BCUT2D eigenvalue weighted by Crippen LogP contribution is 2.33. The Morgan fingerprint density at radius 1 is 0.952 bits per heavy atom. The minimum atomic E-state index is -4.83. The van der Waals surface area contributed by atoms with Crippen molar-refractivity contribution in [3.05, 3.63) is 52.4 Å². The van der Waals surface area contributed by atoms with Crippen molar-refractivity contribution >= 4 is 17.9 Å². The Bertz CT molecular complexity index is 1360. The van der Waals surface area contributed by atoms with E-state index in [-0.39, 0.29) is 36.6 Å². The van der Waals surface area contributed by atoms with Gasteiger partial charge in [-0.15, -0.1) is 0 Å². The summed E-state index contributed by atoms with van der Waals surface area (Å²) in [6, 6.07) is -0.192. The number of alkyl halides is 3. The minimum absolute atomic E-state index is 0.0675. The van der Waals surface area contributed by atoms with Crippen LogP contribution in [-0.2, 0) is 35.2 Å². The standard InChI is InChI=1S/C27H31F6N5O4/c1-26(2,3)42-25(41)34-16(10-15-11-18(29)19(30)13-17(15)28)12-21(39)37-8-9-38-20(14-37)22(35-24(38)27(31,32)33)23(40)36-6-4-5-7-36/h11,13,16H,4-10,12,14H2,1-3H3,(H,34,41)/t16-/m1/s1. The Balaban J connectivity index is 1.58. The van der Waals surface area contributed by atoms with Gasteiger partial charge in [-0.25, -0.2) is 22.9 Å². The molecule has 0 spiro atoms. The van der Waals surface area contributed by atoms with Gasteiger partial charge in [-0.3, -0.25) is 9.59 Å². The summed E-state index contributed by atoms with van der Waals surface area (Å²) in [5.74, 6) is -6.35. The van der Waals surface area contributed by atoms with Crippen LogP contribution in [0, 0.1) is 17.5 Å². The van der Waals surface area contributed by atoms with Crippen LogP contribution >= 0.6 is 0 Å². The number of carbonyl (C=O) groups excluding carboxylic acids is 3. The van der Waals surface area contributed by atoms with Gasteiger partial charge in [-0.2, -0.15) is 13.2 Å². The van der Waals surface area contributed by atoms with Gasteiger partial charge in [0.1, 0.15) is 11.4 Å². The van der Waals surface area contributed by atoms with Crippen molar-refractivity contribution < 1.29 is 45.5 Å². The van der Waals surface area contributed by atoms with Crippen molar-refractivity contribution in [1.29, 1.82) is 0 Å². The van der Waals surface area contributed by atoms with Crippen LogP contribution in [0.4, 0.5) is 31.1 Å². The van der Waals surface area contributed by atoms with E-state index < -0.39 is 71.8 Å². The number of fused-ring (bicyclic) bond motifs is 1. The molecular formula is C27H31F6N5O4. The summed E-state index contributed by atoms with van der Waals surface area (Å²) >= 11 is 0. The number of ether oxygens (including phenoxy) is 1. The lowest BCUT2D eigenvalue weighted by molar-refractivity contribution is -0.148. The van der Waals surface area contributed by atoms with Crippen molar-refractivity contribution in [2.24, 2.45) is 0 Å². The molecule has 0 unspecified atom stereocenters. The molecule has 2 aliphatic rings. The lowest BCUT2D eigenvalue weighted by Gasteiger charge is -2.31. The van der Waals surface area contributed by atoms with Gasteiger partial charge < -0.3 is 24.4 Å². The second kappa shape index (κ2) is 11.8. The number of likely N-dealkylation sites (tertiary alicyclic amines) is 1. The van der Waals surface area contributed by atoms with Crippen molar-refractivity contribution in [3.8, 4) is 0 Å². The van der Waals surface area contributed by atoms with Crippen LogP contribution in [-0.4, -0.2) is 68.5 Å². The molecule has 1 aromatic heterocycles. The molecule has 1 atom stereocenters. The fraction of sp³-hybridized carbons (Fsp3) is 0.556. The third kappa shape index (κ3) is 7.16. The number of nitrogens with zero attached hydrogens (tertiary/aromatic N) is 4. The molecule has 0 radical (unpaired) electrons. The summed E-state index contributed by atoms with van der Waals surface area (Å²) in [4.78, 5) is 45.2. The molecule has 0 saturated carbocycles. The molecule has 0 bridgehead atoms. The van der Waals surface area contributed by atoms with E-state index in [2.05, 4.69) is 10.3 Å². The molecule has 3 amide bonds. The number of carbonyl (C=O) groups is 3. The predicted octanol–water partition coefficient (Wildman–Crippen LogP) is 4.42. The lowest BCUT2D eigenvalue weighted by atomic mass is 10.0. The van der Waals surface area contributed by atoms with Gasteiger partial charge in [-0.1, -0.05) is 0 Å². The SMILES string of the molecule is CC(C)(C)OC(=O)N[C@@H](CC(=O)N1CCn2c(C(F)(F)F)nc(C(=O)N3CCCC3)c2C1)Cc1cc(F)c(F)cc1F. The summed E-state index contributed by atoms with van der Waals surface area (Å²) in [5.41, 5.74) is -1.69. The number of rotatable bonds is 6. The number of benzene rings is 1. The fourth-order valence-electron chi connectivity index (χ4n) is 5.01. The zero-order chi connectivity index (χ0) is 31.0. The average Bonchev–Trinajstić information content (AvgIpc) is 3.53. The zero-order valence-corrected chi connectivity index (χ0v) is 23.3. The first-order valence-corrected chi connectivity index (χ1v) is 13.4. The van der Waals surface area contributed by atoms with Crippen molar-refractivity contribution in [2.75, 3.05) is 19.6 Å². The number of hydrogen-bond acceptors (Lipinski definition) is 5. The zero-order valence-electron chi connectivity index (χ0n) is 23.3. The number of hydrogen-bond donors (Lipinski definition) is 1. The summed E-state index contributed by atoms with van der Waals surface area (Å²) in [6.45, 7) is 4.72. The smallest absolute Gasteiger partial charge is 0.444 e. The van der Waals surface area contributed by atoms with E-state index in [4.69, 9.17) is 4.74 Å². The molecule has 3 heterocycles. The van der Waals surface area contributed by atoms with Gasteiger partial charge in [0.15, 0.2) is 17.3 Å². The third-order valence-corrected chi connectivity index (χ3v) is 6.91. The lowest BCUT2D eigenvalue weighted by Crippen LogP contribution is -2.46. The van der Waals surface area contributed by atoms with Gasteiger partial charge in [0.25, 0.3) is 5.91 Å². The molecule has 42 heavy (non-hydrogen) atoms. The molecule has 230 valence electrons. The Kier molecular flexibility index (Phi) is 8.78. The van der Waals surface area contributed by atoms with Crippen molar-refractivity contribution in [2.45, 2.75) is 77.4 Å². The summed E-state index contributed by atoms with van der Waals surface area (Å²) in [5, 5.41) is 2.44. The molecule has 1 saturated heterocycles. The number of aromatic nitrogens is 2. The fourth-order valence-corrected chi connectivity index (χ4v) is 5.01. The topological polar surface area (TPSA) is 96.8 Å². The molecule has 15 heteroatoms. The van der Waals surface area contributed by atoms with Gasteiger partial charge in [0.2, 0.25) is 11.7 Å². The van der Waals surface area contributed by atoms with E-state index >= 15 is 0 Å². The maximum Gasteiger partial charge on any atom is 0.449 e. The Hall–Kier alpha value is -3.78. The quantitative estimate of drug-likeness (QED) is 0.390. The van der Waals surface area contributed by atoms with E-state index in [1.54, 1.807) is 20.8 Å². The number of halogens is 6. The second-order valence-electron chi connectivity index (χ2n) is 11.3. The van der Waals surface area contributed by atoms with Crippen LogP contribution in [0.5, 0.6) is 0 Å². The Morgan fingerprint density at radius 2 is 1.60 bits per heavy atom. The monoisotopic (exact) mass is 603 g/mol. The molecule has 1 fully saturated rings.